The van der Waals surface area contributed by atoms with Crippen molar-refractivity contribution in [3.05, 3.63) is 61.6 Å². The summed E-state index contributed by atoms with van der Waals surface area (Å²) in [5.41, 5.74) is 4.23. The molecule has 0 aliphatic carbocycles. The van der Waals surface area contributed by atoms with Gasteiger partial charge in [0.05, 0.1) is 26.7 Å². The number of alkyl halides is 3. The molecule has 0 unspecified atom stereocenters. The Labute approximate surface area is 181 Å². The van der Waals surface area contributed by atoms with Gasteiger partial charge in [-0.1, -0.05) is 35.4 Å². The molecular formula is C21H18ClF3N2S2. The Morgan fingerprint density at radius 3 is 2.41 bits per heavy atom. The first-order chi connectivity index (χ1) is 13.4. The number of halogens is 4. The van der Waals surface area contributed by atoms with Crippen LogP contribution < -0.4 is 5.32 Å². The van der Waals surface area contributed by atoms with Gasteiger partial charge in [-0.15, -0.1) is 0 Å². The van der Waals surface area contributed by atoms with Gasteiger partial charge in [-0.3, -0.25) is 3.96 Å². The number of rotatable bonds is 1. The summed E-state index contributed by atoms with van der Waals surface area (Å²) in [4.78, 5) is 0.988. The summed E-state index contributed by atoms with van der Waals surface area (Å²) in [6, 6.07) is 8.07. The number of nitrogens with zero attached hydrogens (tertiary/aromatic N) is 1. The molecule has 0 bridgehead atoms. The van der Waals surface area contributed by atoms with E-state index >= 15 is 0 Å². The highest BCUT2D eigenvalue weighted by molar-refractivity contribution is 7.71. The lowest BCUT2D eigenvalue weighted by atomic mass is 9.88. The standard InChI is InChI=1S/C21H18ClF3N2S2/c1-10-7-13-16(8-11(10)2)26-20(3,4)18-17(13)19(28)27(29-18)12-5-6-15(22)14(9-12)21(23,24)25/h5-9,26H,1-4H3. The summed E-state index contributed by atoms with van der Waals surface area (Å²) in [7, 11) is 0. The van der Waals surface area contributed by atoms with Gasteiger partial charge in [-0.25, -0.2) is 0 Å². The highest BCUT2D eigenvalue weighted by Crippen LogP contribution is 2.48. The summed E-state index contributed by atoms with van der Waals surface area (Å²) in [5, 5.41) is 3.22. The lowest BCUT2D eigenvalue weighted by Gasteiger charge is -2.33. The fourth-order valence-corrected chi connectivity index (χ4v) is 5.46. The van der Waals surface area contributed by atoms with Gasteiger partial charge in [0.2, 0.25) is 0 Å². The molecule has 1 N–H and O–H groups in total. The minimum atomic E-state index is -4.53. The smallest absolute Gasteiger partial charge is 0.375 e. The predicted octanol–water partition coefficient (Wildman–Crippen LogP) is 7.88. The maximum atomic E-state index is 13.3. The number of nitrogens with one attached hydrogen (secondary N) is 1. The van der Waals surface area contributed by atoms with E-state index in [0.717, 1.165) is 38.9 Å². The highest BCUT2D eigenvalue weighted by atomic mass is 35.5. The second-order valence-corrected chi connectivity index (χ2v) is 9.54. The molecule has 2 aromatic carbocycles. The van der Waals surface area contributed by atoms with Crippen molar-refractivity contribution in [2.24, 2.45) is 0 Å². The van der Waals surface area contributed by atoms with Gasteiger partial charge in [0.1, 0.15) is 4.64 Å². The van der Waals surface area contributed by atoms with Gasteiger partial charge in [0, 0.05) is 16.8 Å². The van der Waals surface area contributed by atoms with Crippen LogP contribution in [0.4, 0.5) is 18.9 Å². The first-order valence-corrected chi connectivity index (χ1v) is 10.5. The van der Waals surface area contributed by atoms with Crippen molar-refractivity contribution in [3.63, 3.8) is 0 Å². The first-order valence-electron chi connectivity index (χ1n) is 8.94. The van der Waals surface area contributed by atoms with E-state index in [-0.39, 0.29) is 5.02 Å². The SMILES string of the molecule is Cc1cc2c(cc1C)-c1c(sn(-c3ccc(Cl)c(C(F)(F)F)c3)c1=S)C(C)(C)N2. The van der Waals surface area contributed by atoms with Gasteiger partial charge < -0.3 is 5.32 Å². The number of hydrogen-bond acceptors (Lipinski definition) is 3. The largest absolute Gasteiger partial charge is 0.417 e. The number of aryl methyl sites for hydroxylation is 2. The lowest BCUT2D eigenvalue weighted by molar-refractivity contribution is -0.137. The normalized spacial score (nSPS) is 14.9. The predicted molar refractivity (Wildman–Crippen MR) is 116 cm³/mol. The van der Waals surface area contributed by atoms with Crippen LogP contribution in [0.3, 0.4) is 0 Å². The topological polar surface area (TPSA) is 17.0 Å². The Kier molecular flexibility index (Phi) is 4.64. The Hall–Kier alpha value is -1.83. The van der Waals surface area contributed by atoms with Gasteiger partial charge in [0.25, 0.3) is 0 Å². The Balaban J connectivity index is 1.99. The van der Waals surface area contributed by atoms with Crippen molar-refractivity contribution >= 4 is 41.0 Å². The van der Waals surface area contributed by atoms with E-state index in [1.165, 1.54) is 17.6 Å². The van der Waals surface area contributed by atoms with Crippen molar-refractivity contribution in [1.29, 1.82) is 0 Å². The molecule has 4 rings (SSSR count). The zero-order valence-electron chi connectivity index (χ0n) is 16.2. The molecule has 0 saturated heterocycles. The van der Waals surface area contributed by atoms with Crippen molar-refractivity contribution in [3.8, 4) is 16.8 Å². The van der Waals surface area contributed by atoms with Crippen LogP contribution in [0.5, 0.6) is 0 Å². The molecule has 29 heavy (non-hydrogen) atoms. The summed E-state index contributed by atoms with van der Waals surface area (Å²) in [6.07, 6.45) is -4.53. The molecule has 3 aromatic rings. The minimum Gasteiger partial charge on any atom is -0.375 e. The quantitative estimate of drug-likeness (QED) is 0.376. The maximum Gasteiger partial charge on any atom is 0.417 e. The highest BCUT2D eigenvalue weighted by Gasteiger charge is 2.36. The number of hydrogen-bond donors (Lipinski definition) is 1. The average Bonchev–Trinajstić information content (AvgIpc) is 2.95. The zero-order valence-corrected chi connectivity index (χ0v) is 18.6. The zero-order chi connectivity index (χ0) is 21.3. The maximum absolute atomic E-state index is 13.3. The molecule has 0 saturated carbocycles. The molecule has 2 heterocycles. The number of fused-ring (bicyclic) bond motifs is 3. The molecule has 0 radical (unpaired) electrons. The van der Waals surface area contributed by atoms with Gasteiger partial charge >= 0.3 is 6.18 Å². The molecule has 1 aromatic heterocycles. The van der Waals surface area contributed by atoms with Crippen LogP contribution in [0.2, 0.25) is 5.02 Å². The van der Waals surface area contributed by atoms with Crippen LogP contribution in [0.1, 0.15) is 35.4 Å². The molecule has 0 atom stereocenters. The van der Waals surface area contributed by atoms with Crippen molar-refractivity contribution < 1.29 is 13.2 Å². The second-order valence-electron chi connectivity index (χ2n) is 7.79. The van der Waals surface area contributed by atoms with E-state index in [4.69, 9.17) is 23.8 Å². The Bertz CT molecular complexity index is 1210. The molecule has 0 amide bonds. The summed E-state index contributed by atoms with van der Waals surface area (Å²) in [5.74, 6) is 0. The minimum absolute atomic E-state index is 0.326. The number of aromatic nitrogens is 1. The van der Waals surface area contributed by atoms with Crippen LogP contribution in [0.15, 0.2) is 30.3 Å². The van der Waals surface area contributed by atoms with E-state index in [9.17, 15) is 13.2 Å². The number of benzene rings is 2. The third-order valence-corrected chi connectivity index (χ3v) is 7.52. The second kappa shape index (κ2) is 6.59. The number of anilines is 1. The fraction of sp³-hybridized carbons (Fsp3) is 0.286. The van der Waals surface area contributed by atoms with Crippen LogP contribution in [-0.2, 0) is 11.7 Å². The monoisotopic (exact) mass is 454 g/mol. The lowest BCUT2D eigenvalue weighted by Crippen LogP contribution is -2.30. The molecule has 152 valence electrons. The fourth-order valence-electron chi connectivity index (χ4n) is 3.59. The first kappa shape index (κ1) is 20.4. The third kappa shape index (κ3) is 3.29. The Morgan fingerprint density at radius 2 is 1.76 bits per heavy atom. The average molecular weight is 455 g/mol. The summed E-state index contributed by atoms with van der Waals surface area (Å²) in [6.45, 7) is 8.17. The van der Waals surface area contributed by atoms with Gasteiger partial charge in [0.15, 0.2) is 0 Å². The molecule has 8 heteroatoms. The van der Waals surface area contributed by atoms with E-state index in [0.29, 0.717) is 10.3 Å². The van der Waals surface area contributed by atoms with E-state index in [1.807, 2.05) is 20.8 Å². The van der Waals surface area contributed by atoms with Crippen LogP contribution in [-0.4, -0.2) is 3.96 Å². The van der Waals surface area contributed by atoms with Crippen molar-refractivity contribution in [2.45, 2.75) is 39.4 Å². The van der Waals surface area contributed by atoms with E-state index < -0.39 is 17.3 Å². The molecule has 1 aliphatic heterocycles. The van der Waals surface area contributed by atoms with Gasteiger partial charge in [-0.2, -0.15) is 13.2 Å². The van der Waals surface area contributed by atoms with Crippen molar-refractivity contribution in [2.75, 3.05) is 5.32 Å². The molecule has 0 spiro atoms. The molecule has 1 aliphatic rings. The van der Waals surface area contributed by atoms with E-state index in [2.05, 4.69) is 24.4 Å². The Morgan fingerprint density at radius 1 is 1.10 bits per heavy atom. The van der Waals surface area contributed by atoms with E-state index in [1.54, 1.807) is 10.0 Å². The third-order valence-electron chi connectivity index (χ3n) is 5.22. The summed E-state index contributed by atoms with van der Waals surface area (Å²) < 4.78 is 42.2. The molecule has 2 nitrogen and oxygen atoms in total. The molecular weight excluding hydrogens is 437 g/mol. The van der Waals surface area contributed by atoms with Gasteiger partial charge in [-0.05, 0) is 69.2 Å². The van der Waals surface area contributed by atoms with Crippen molar-refractivity contribution in [1.82, 2.24) is 3.96 Å². The van der Waals surface area contributed by atoms with Crippen LogP contribution in [0, 0.1) is 18.5 Å². The van der Waals surface area contributed by atoms with Crippen LogP contribution >= 0.6 is 35.4 Å². The van der Waals surface area contributed by atoms with Crippen LogP contribution in [0.25, 0.3) is 16.8 Å². The molecule has 0 fully saturated rings. The summed E-state index contributed by atoms with van der Waals surface area (Å²) >= 11 is 12.9.